The molecule has 2 atom stereocenters. The third kappa shape index (κ3) is 6.01. The number of rotatable bonds is 9. The van der Waals surface area contributed by atoms with Crippen LogP contribution >= 0.6 is 11.3 Å². The first-order valence-corrected chi connectivity index (χ1v) is 12.7. The van der Waals surface area contributed by atoms with Gasteiger partial charge in [0.05, 0.1) is 17.5 Å². The van der Waals surface area contributed by atoms with Crippen molar-refractivity contribution in [1.82, 2.24) is 15.5 Å². The second-order valence-electron chi connectivity index (χ2n) is 8.76. The molecule has 34 heavy (non-hydrogen) atoms. The second-order valence-corrected chi connectivity index (χ2v) is 9.70. The molecular formula is C25H30FN3O4S. The molecule has 1 aromatic heterocycles. The summed E-state index contributed by atoms with van der Waals surface area (Å²) >= 11 is 1.27. The molecule has 2 fully saturated rings. The lowest BCUT2D eigenvalue weighted by Gasteiger charge is -2.34. The third-order valence-electron chi connectivity index (χ3n) is 6.35. The van der Waals surface area contributed by atoms with Gasteiger partial charge in [0.1, 0.15) is 11.9 Å². The molecule has 0 spiro atoms. The van der Waals surface area contributed by atoms with Crippen molar-refractivity contribution in [3.05, 3.63) is 58.0 Å². The predicted molar refractivity (Wildman–Crippen MR) is 127 cm³/mol. The van der Waals surface area contributed by atoms with Crippen LogP contribution in [0.2, 0.25) is 0 Å². The van der Waals surface area contributed by atoms with Crippen molar-refractivity contribution in [3.63, 3.8) is 0 Å². The Hall–Kier alpha value is -2.78. The van der Waals surface area contributed by atoms with Gasteiger partial charge in [0.15, 0.2) is 0 Å². The molecule has 9 heteroatoms. The molecule has 2 heterocycles. The summed E-state index contributed by atoms with van der Waals surface area (Å²) in [5.41, 5.74) is 0.133. The van der Waals surface area contributed by atoms with Gasteiger partial charge >= 0.3 is 0 Å². The summed E-state index contributed by atoms with van der Waals surface area (Å²) in [6, 6.07) is 8.32. The average Bonchev–Trinajstić information content (AvgIpc) is 3.62. The quantitative estimate of drug-likeness (QED) is 0.567. The first-order chi connectivity index (χ1) is 16.5. The molecule has 1 aliphatic heterocycles. The van der Waals surface area contributed by atoms with Crippen LogP contribution in [0.3, 0.4) is 0 Å². The Bertz CT molecular complexity index is 988. The molecule has 1 aliphatic carbocycles. The Labute approximate surface area is 202 Å². The van der Waals surface area contributed by atoms with Crippen LogP contribution in [0.15, 0.2) is 41.8 Å². The summed E-state index contributed by atoms with van der Waals surface area (Å²) in [7, 11) is 0. The Morgan fingerprint density at radius 2 is 1.88 bits per heavy atom. The van der Waals surface area contributed by atoms with Gasteiger partial charge in [-0.3, -0.25) is 14.4 Å². The zero-order valence-electron chi connectivity index (χ0n) is 19.0. The van der Waals surface area contributed by atoms with Crippen molar-refractivity contribution in [2.75, 3.05) is 19.7 Å². The van der Waals surface area contributed by atoms with Crippen molar-refractivity contribution in [3.8, 4) is 0 Å². The monoisotopic (exact) mass is 487 g/mol. The minimum absolute atomic E-state index is 0.0139. The normalized spacial score (nSPS) is 19.0. The molecule has 1 saturated heterocycles. The maximum absolute atomic E-state index is 14.9. The highest BCUT2D eigenvalue weighted by atomic mass is 32.1. The van der Waals surface area contributed by atoms with Crippen LogP contribution in [0.5, 0.6) is 0 Å². The summed E-state index contributed by atoms with van der Waals surface area (Å²) < 4.78 is 20.7. The lowest BCUT2D eigenvalue weighted by Crippen LogP contribution is -2.51. The smallest absolute Gasteiger partial charge is 0.261 e. The van der Waals surface area contributed by atoms with Gasteiger partial charge in [-0.25, -0.2) is 4.39 Å². The number of nitrogens with one attached hydrogen (secondary N) is 2. The average molecular weight is 488 g/mol. The van der Waals surface area contributed by atoms with Crippen molar-refractivity contribution >= 4 is 29.1 Å². The van der Waals surface area contributed by atoms with E-state index in [4.69, 9.17) is 4.74 Å². The number of halogens is 1. The first kappa shape index (κ1) is 24.3. The van der Waals surface area contributed by atoms with Gasteiger partial charge in [0, 0.05) is 24.8 Å². The highest BCUT2D eigenvalue weighted by Gasteiger charge is 2.36. The fraction of sp³-hybridized carbons (Fsp3) is 0.480. The van der Waals surface area contributed by atoms with Crippen molar-refractivity contribution < 1.29 is 23.5 Å². The fourth-order valence-electron chi connectivity index (χ4n) is 4.61. The van der Waals surface area contributed by atoms with Gasteiger partial charge in [0.25, 0.3) is 5.91 Å². The molecule has 7 nitrogen and oxygen atoms in total. The van der Waals surface area contributed by atoms with E-state index in [-0.39, 0.29) is 36.7 Å². The maximum atomic E-state index is 14.9. The summed E-state index contributed by atoms with van der Waals surface area (Å²) in [4.78, 5) is 41.2. The second kappa shape index (κ2) is 11.6. The zero-order valence-corrected chi connectivity index (χ0v) is 19.8. The van der Waals surface area contributed by atoms with Crippen LogP contribution in [0.25, 0.3) is 0 Å². The van der Waals surface area contributed by atoms with E-state index in [1.54, 1.807) is 29.6 Å². The number of thiophene rings is 1. The molecule has 2 aromatic rings. The van der Waals surface area contributed by atoms with E-state index in [2.05, 4.69) is 10.6 Å². The van der Waals surface area contributed by atoms with Crippen LogP contribution in [0, 0.1) is 5.82 Å². The first-order valence-electron chi connectivity index (χ1n) is 11.8. The molecule has 3 amide bonds. The van der Waals surface area contributed by atoms with Crippen molar-refractivity contribution in [2.24, 2.45) is 0 Å². The van der Waals surface area contributed by atoms with Gasteiger partial charge < -0.3 is 20.3 Å². The number of nitrogens with zero attached hydrogens (tertiary/aromatic N) is 1. The summed E-state index contributed by atoms with van der Waals surface area (Å²) in [5.74, 6) is -1.79. The largest absolute Gasteiger partial charge is 0.376 e. The highest BCUT2D eigenvalue weighted by molar-refractivity contribution is 7.12. The molecular weight excluding hydrogens is 457 g/mol. The standard InChI is InChI=1S/C25H30FN3O4S/c26-20-11-4-3-10-19(20)23(25(32)28-17-7-1-2-8-17)29(16-18-9-5-13-33-18)22(30)15-27-24(31)21-12-6-14-34-21/h3-4,6,10-12,14,17-18,23H,1-2,5,7-9,13,15-16H2,(H,27,31)(H,28,32). The van der Waals surface area contributed by atoms with E-state index in [0.29, 0.717) is 11.5 Å². The molecule has 0 radical (unpaired) electrons. The van der Waals surface area contributed by atoms with E-state index in [1.807, 2.05) is 0 Å². The minimum Gasteiger partial charge on any atom is -0.376 e. The maximum Gasteiger partial charge on any atom is 0.261 e. The lowest BCUT2D eigenvalue weighted by atomic mass is 10.0. The molecule has 1 saturated carbocycles. The molecule has 182 valence electrons. The number of carbonyl (C=O) groups excluding carboxylic acids is 3. The number of benzene rings is 1. The van der Waals surface area contributed by atoms with Crippen LogP contribution < -0.4 is 10.6 Å². The minimum atomic E-state index is -1.16. The van der Waals surface area contributed by atoms with E-state index in [9.17, 15) is 18.8 Å². The zero-order chi connectivity index (χ0) is 23.9. The van der Waals surface area contributed by atoms with E-state index in [0.717, 1.165) is 38.5 Å². The number of hydrogen-bond acceptors (Lipinski definition) is 5. The van der Waals surface area contributed by atoms with Crippen LogP contribution in [-0.4, -0.2) is 54.5 Å². The molecule has 2 N–H and O–H groups in total. The third-order valence-corrected chi connectivity index (χ3v) is 7.22. The van der Waals surface area contributed by atoms with Crippen LogP contribution in [0.4, 0.5) is 4.39 Å². The predicted octanol–water partition coefficient (Wildman–Crippen LogP) is 3.42. The lowest BCUT2D eigenvalue weighted by molar-refractivity contribution is -0.142. The summed E-state index contributed by atoms with van der Waals surface area (Å²) in [5, 5.41) is 7.44. The Morgan fingerprint density at radius 3 is 2.56 bits per heavy atom. The Kier molecular flexibility index (Phi) is 8.29. The van der Waals surface area contributed by atoms with Gasteiger partial charge in [0.2, 0.25) is 11.8 Å². The van der Waals surface area contributed by atoms with E-state index in [1.165, 1.54) is 28.4 Å². The molecule has 4 rings (SSSR count). The van der Waals surface area contributed by atoms with E-state index >= 15 is 0 Å². The Balaban J connectivity index is 1.59. The number of carbonyl (C=O) groups is 3. The Morgan fingerprint density at radius 1 is 1.09 bits per heavy atom. The van der Waals surface area contributed by atoms with Gasteiger partial charge in [-0.15, -0.1) is 11.3 Å². The molecule has 0 bridgehead atoms. The van der Waals surface area contributed by atoms with Crippen molar-refractivity contribution in [1.29, 1.82) is 0 Å². The number of ether oxygens (including phenoxy) is 1. The number of amides is 3. The topological polar surface area (TPSA) is 87.7 Å². The van der Waals surface area contributed by atoms with Gasteiger partial charge in [-0.2, -0.15) is 0 Å². The summed E-state index contributed by atoms with van der Waals surface area (Å²) in [6.07, 6.45) is 5.16. The summed E-state index contributed by atoms with van der Waals surface area (Å²) in [6.45, 7) is 0.427. The number of hydrogen-bond donors (Lipinski definition) is 2. The van der Waals surface area contributed by atoms with Gasteiger partial charge in [-0.05, 0) is 43.2 Å². The van der Waals surface area contributed by atoms with Crippen LogP contribution in [0.1, 0.15) is 59.8 Å². The van der Waals surface area contributed by atoms with Crippen molar-refractivity contribution in [2.45, 2.75) is 56.7 Å². The molecule has 2 unspecified atom stereocenters. The highest BCUT2D eigenvalue weighted by Crippen LogP contribution is 2.28. The SMILES string of the molecule is O=C(NCC(=O)N(CC1CCCO1)C(C(=O)NC1CCCC1)c1ccccc1F)c1cccs1. The van der Waals surface area contributed by atoms with Crippen LogP contribution in [-0.2, 0) is 14.3 Å². The van der Waals surface area contributed by atoms with E-state index < -0.39 is 23.7 Å². The molecule has 1 aromatic carbocycles. The molecule has 2 aliphatic rings. The fourth-order valence-corrected chi connectivity index (χ4v) is 5.25. The van der Waals surface area contributed by atoms with Gasteiger partial charge in [-0.1, -0.05) is 37.1 Å².